The average Bonchev–Trinajstić information content (AvgIpc) is 3.03. The summed E-state index contributed by atoms with van der Waals surface area (Å²) in [5.74, 6) is -0.337. The Hall–Kier alpha value is -3.13. The number of fused-ring (bicyclic) bond motifs is 1. The first kappa shape index (κ1) is 16.3. The topological polar surface area (TPSA) is 126 Å². The van der Waals surface area contributed by atoms with Gasteiger partial charge in [0.25, 0.3) is 0 Å². The van der Waals surface area contributed by atoms with E-state index in [2.05, 4.69) is 15.3 Å². The molecule has 1 aromatic carbocycles. The standard InChI is InChI=1S/C18H19N5O3/c19-16-15-13(10-2-1-3-12(24)6-10)8-23(17(15)22-9-21-16)11-4-5-20-14(7-11)18(25)26/h1-3,6,8-9,11,14,20,24H,4-5,7H2,(H,25,26)(H2,19,21,22). The van der Waals surface area contributed by atoms with Gasteiger partial charge in [-0.25, -0.2) is 9.97 Å². The molecule has 2 unspecified atom stereocenters. The fourth-order valence-corrected chi connectivity index (χ4v) is 3.62. The van der Waals surface area contributed by atoms with Crippen molar-refractivity contribution in [3.8, 4) is 16.9 Å². The molecule has 2 aromatic heterocycles. The van der Waals surface area contributed by atoms with Crippen molar-refractivity contribution in [1.82, 2.24) is 19.9 Å². The molecular weight excluding hydrogens is 334 g/mol. The molecule has 4 rings (SSSR count). The Labute approximate surface area is 149 Å². The molecule has 0 bridgehead atoms. The van der Waals surface area contributed by atoms with E-state index in [-0.39, 0.29) is 11.8 Å². The molecule has 134 valence electrons. The number of hydrogen-bond acceptors (Lipinski definition) is 6. The molecule has 1 aliphatic heterocycles. The van der Waals surface area contributed by atoms with Crippen molar-refractivity contribution in [1.29, 1.82) is 0 Å². The fraction of sp³-hybridized carbons (Fsp3) is 0.278. The van der Waals surface area contributed by atoms with Crippen LogP contribution in [0.25, 0.3) is 22.2 Å². The maximum atomic E-state index is 11.4. The van der Waals surface area contributed by atoms with Crippen molar-refractivity contribution in [2.75, 3.05) is 12.3 Å². The number of phenols is 1. The number of nitrogen functional groups attached to an aromatic ring is 1. The summed E-state index contributed by atoms with van der Waals surface area (Å²) in [5.41, 5.74) is 8.41. The highest BCUT2D eigenvalue weighted by Gasteiger charge is 2.29. The summed E-state index contributed by atoms with van der Waals surface area (Å²) >= 11 is 0. The second-order valence-corrected chi connectivity index (χ2v) is 6.48. The van der Waals surface area contributed by atoms with Gasteiger partial charge in [-0.1, -0.05) is 12.1 Å². The monoisotopic (exact) mass is 353 g/mol. The molecule has 1 saturated heterocycles. The van der Waals surface area contributed by atoms with Crippen LogP contribution in [0.15, 0.2) is 36.8 Å². The number of nitrogens with zero attached hydrogens (tertiary/aromatic N) is 3. The van der Waals surface area contributed by atoms with Gasteiger partial charge in [0.1, 0.15) is 29.6 Å². The largest absolute Gasteiger partial charge is 0.508 e. The number of hydrogen-bond donors (Lipinski definition) is 4. The normalized spacial score (nSPS) is 20.3. The molecule has 3 heterocycles. The number of aromatic nitrogens is 3. The van der Waals surface area contributed by atoms with Gasteiger partial charge in [-0.05, 0) is 37.1 Å². The molecular formula is C18H19N5O3. The van der Waals surface area contributed by atoms with E-state index in [9.17, 15) is 15.0 Å². The summed E-state index contributed by atoms with van der Waals surface area (Å²) in [6, 6.07) is 6.31. The number of carbonyl (C=O) groups is 1. The van der Waals surface area contributed by atoms with E-state index in [1.165, 1.54) is 6.33 Å². The lowest BCUT2D eigenvalue weighted by Gasteiger charge is -2.29. The number of nitrogens with two attached hydrogens (primary N) is 1. The summed E-state index contributed by atoms with van der Waals surface area (Å²) in [6.45, 7) is 0.614. The quantitative estimate of drug-likeness (QED) is 0.565. The van der Waals surface area contributed by atoms with E-state index in [1.54, 1.807) is 18.2 Å². The minimum Gasteiger partial charge on any atom is -0.508 e. The van der Waals surface area contributed by atoms with Gasteiger partial charge < -0.3 is 25.8 Å². The second kappa shape index (κ2) is 6.30. The Morgan fingerprint density at radius 1 is 1.35 bits per heavy atom. The number of rotatable bonds is 3. The molecule has 0 saturated carbocycles. The summed E-state index contributed by atoms with van der Waals surface area (Å²) in [5, 5.41) is 22.9. The van der Waals surface area contributed by atoms with Crippen molar-refractivity contribution >= 4 is 22.8 Å². The Balaban J connectivity index is 1.86. The number of benzene rings is 1. The highest BCUT2D eigenvalue weighted by atomic mass is 16.4. The van der Waals surface area contributed by atoms with Crippen LogP contribution < -0.4 is 11.1 Å². The molecule has 1 aliphatic rings. The predicted molar refractivity (Wildman–Crippen MR) is 96.7 cm³/mol. The molecule has 2 atom stereocenters. The number of nitrogens with one attached hydrogen (secondary N) is 1. The smallest absolute Gasteiger partial charge is 0.320 e. The minimum absolute atomic E-state index is 0.0137. The number of anilines is 1. The van der Waals surface area contributed by atoms with Crippen LogP contribution >= 0.6 is 0 Å². The summed E-state index contributed by atoms with van der Waals surface area (Å²) in [6.07, 6.45) is 4.59. The van der Waals surface area contributed by atoms with E-state index in [4.69, 9.17) is 5.73 Å². The molecule has 0 amide bonds. The van der Waals surface area contributed by atoms with Crippen LogP contribution in [0.2, 0.25) is 0 Å². The first-order valence-corrected chi connectivity index (χ1v) is 8.41. The van der Waals surface area contributed by atoms with Gasteiger partial charge in [-0.2, -0.15) is 0 Å². The Morgan fingerprint density at radius 2 is 2.19 bits per heavy atom. The lowest BCUT2D eigenvalue weighted by atomic mass is 9.99. The maximum absolute atomic E-state index is 11.4. The Bertz CT molecular complexity index is 984. The first-order chi connectivity index (χ1) is 12.5. The third kappa shape index (κ3) is 2.74. The lowest BCUT2D eigenvalue weighted by molar-refractivity contribution is -0.140. The maximum Gasteiger partial charge on any atom is 0.320 e. The number of carboxylic acids is 1. The van der Waals surface area contributed by atoms with E-state index < -0.39 is 12.0 Å². The molecule has 5 N–H and O–H groups in total. The van der Waals surface area contributed by atoms with Gasteiger partial charge in [-0.3, -0.25) is 4.79 Å². The molecule has 0 radical (unpaired) electrons. The van der Waals surface area contributed by atoms with Gasteiger partial charge in [0, 0.05) is 17.8 Å². The highest BCUT2D eigenvalue weighted by Crippen LogP contribution is 2.37. The van der Waals surface area contributed by atoms with Crippen molar-refractivity contribution in [3.05, 3.63) is 36.8 Å². The molecule has 8 heteroatoms. The number of piperidine rings is 1. The fourth-order valence-electron chi connectivity index (χ4n) is 3.62. The van der Waals surface area contributed by atoms with Gasteiger partial charge in [0.2, 0.25) is 0 Å². The van der Waals surface area contributed by atoms with Crippen LogP contribution in [-0.4, -0.2) is 43.3 Å². The van der Waals surface area contributed by atoms with Crippen LogP contribution in [0.4, 0.5) is 5.82 Å². The van der Waals surface area contributed by atoms with E-state index >= 15 is 0 Å². The summed E-state index contributed by atoms with van der Waals surface area (Å²) in [4.78, 5) is 19.9. The van der Waals surface area contributed by atoms with Crippen LogP contribution in [0, 0.1) is 0 Å². The number of aliphatic carboxylic acids is 1. The zero-order valence-corrected chi connectivity index (χ0v) is 14.0. The van der Waals surface area contributed by atoms with Gasteiger partial charge in [0.15, 0.2) is 0 Å². The molecule has 0 aliphatic carbocycles. The van der Waals surface area contributed by atoms with Gasteiger partial charge in [0.05, 0.1) is 5.39 Å². The SMILES string of the molecule is Nc1ncnc2c1c(-c1cccc(O)c1)cn2C1CCNC(C(=O)O)C1. The van der Waals surface area contributed by atoms with Crippen LogP contribution in [-0.2, 0) is 4.79 Å². The minimum atomic E-state index is -0.853. The van der Waals surface area contributed by atoms with Crippen molar-refractivity contribution in [2.45, 2.75) is 24.9 Å². The third-order valence-corrected chi connectivity index (χ3v) is 4.86. The molecule has 26 heavy (non-hydrogen) atoms. The zero-order chi connectivity index (χ0) is 18.3. The van der Waals surface area contributed by atoms with Crippen LogP contribution in [0.5, 0.6) is 5.75 Å². The number of carboxylic acid groups (broad SMARTS) is 1. The number of phenolic OH excluding ortho intramolecular Hbond substituents is 1. The summed E-state index contributed by atoms with van der Waals surface area (Å²) < 4.78 is 1.99. The Morgan fingerprint density at radius 3 is 2.96 bits per heavy atom. The lowest BCUT2D eigenvalue weighted by Crippen LogP contribution is -2.43. The zero-order valence-electron chi connectivity index (χ0n) is 14.0. The van der Waals surface area contributed by atoms with Crippen molar-refractivity contribution in [2.24, 2.45) is 0 Å². The van der Waals surface area contributed by atoms with Gasteiger partial charge >= 0.3 is 5.97 Å². The first-order valence-electron chi connectivity index (χ1n) is 8.41. The second-order valence-electron chi connectivity index (χ2n) is 6.48. The Kier molecular flexibility index (Phi) is 3.96. The van der Waals surface area contributed by atoms with Crippen molar-refractivity contribution < 1.29 is 15.0 Å². The van der Waals surface area contributed by atoms with Crippen LogP contribution in [0.1, 0.15) is 18.9 Å². The molecule has 8 nitrogen and oxygen atoms in total. The van der Waals surface area contributed by atoms with Crippen molar-refractivity contribution in [3.63, 3.8) is 0 Å². The molecule has 0 spiro atoms. The molecule has 1 fully saturated rings. The average molecular weight is 353 g/mol. The number of aromatic hydroxyl groups is 1. The van der Waals surface area contributed by atoms with Crippen LogP contribution in [0.3, 0.4) is 0 Å². The predicted octanol–water partition coefficient (Wildman–Crippen LogP) is 1.76. The highest BCUT2D eigenvalue weighted by molar-refractivity contribution is 6.00. The molecule has 3 aromatic rings. The van der Waals surface area contributed by atoms with E-state index in [0.717, 1.165) is 17.5 Å². The third-order valence-electron chi connectivity index (χ3n) is 4.86. The van der Waals surface area contributed by atoms with E-state index in [0.29, 0.717) is 29.8 Å². The van der Waals surface area contributed by atoms with Gasteiger partial charge in [-0.15, -0.1) is 0 Å². The summed E-state index contributed by atoms with van der Waals surface area (Å²) in [7, 11) is 0. The van der Waals surface area contributed by atoms with E-state index in [1.807, 2.05) is 16.8 Å².